The Morgan fingerprint density at radius 2 is 1.71 bits per heavy atom. The lowest BCUT2D eigenvalue weighted by molar-refractivity contribution is -0.134. The summed E-state index contributed by atoms with van der Waals surface area (Å²) in [6.45, 7) is 6.26. The van der Waals surface area contributed by atoms with Gasteiger partial charge in [-0.2, -0.15) is 18.2 Å². The van der Waals surface area contributed by atoms with E-state index in [9.17, 15) is 31.1 Å². The monoisotopic (exact) mass is 589 g/mol. The number of benzene rings is 1. The second-order valence-electron chi connectivity index (χ2n) is 10.9. The fraction of sp³-hybridized carbons (Fsp3) is 0.552. The van der Waals surface area contributed by atoms with E-state index in [0.29, 0.717) is 23.0 Å². The van der Waals surface area contributed by atoms with E-state index in [-0.39, 0.29) is 26.9 Å². The van der Waals surface area contributed by atoms with Gasteiger partial charge in [-0.05, 0) is 79.1 Å². The summed E-state index contributed by atoms with van der Waals surface area (Å²) in [5.74, 6) is -3.05. The molecular formula is C29H41F6N5O. The molecule has 0 spiro atoms. The lowest BCUT2D eigenvalue weighted by atomic mass is 9.91. The molecule has 230 valence electrons. The third kappa shape index (κ3) is 7.78. The number of fused-ring (bicyclic) bond motifs is 1. The topological polar surface area (TPSA) is 63.1 Å². The van der Waals surface area contributed by atoms with Gasteiger partial charge in [0, 0.05) is 50.1 Å². The lowest BCUT2D eigenvalue weighted by Crippen LogP contribution is -2.36. The quantitative estimate of drug-likeness (QED) is 0.234. The van der Waals surface area contributed by atoms with Crippen molar-refractivity contribution in [3.05, 3.63) is 51.7 Å². The molecule has 4 rings (SSSR count). The van der Waals surface area contributed by atoms with Crippen LogP contribution in [0.15, 0.2) is 23.1 Å². The first kappa shape index (κ1) is 32.4. The molecule has 0 amide bonds. The molecule has 1 aliphatic carbocycles. The molecule has 0 bridgehead atoms. The Morgan fingerprint density at radius 3 is 2.22 bits per heavy atom. The van der Waals surface area contributed by atoms with Crippen molar-refractivity contribution in [3.63, 3.8) is 0 Å². The van der Waals surface area contributed by atoms with Crippen molar-refractivity contribution in [2.45, 2.75) is 90.5 Å². The number of nitrogens with one attached hydrogen (secondary N) is 1. The molecule has 0 saturated heterocycles. The van der Waals surface area contributed by atoms with Crippen LogP contribution < -0.4 is 10.9 Å². The van der Waals surface area contributed by atoms with Crippen molar-refractivity contribution in [2.75, 3.05) is 19.4 Å². The molecule has 0 aliphatic heterocycles. The van der Waals surface area contributed by atoms with Crippen molar-refractivity contribution < 1.29 is 29.2 Å². The van der Waals surface area contributed by atoms with E-state index < -0.39 is 46.7 Å². The minimum absolute atomic E-state index is 0. The Bertz CT molecular complexity index is 1420. The maximum atomic E-state index is 14.7. The normalized spacial score (nSPS) is 17.6. The van der Waals surface area contributed by atoms with Crippen LogP contribution in [0.1, 0.15) is 73.8 Å². The minimum Gasteiger partial charge on any atom is -0.351 e. The van der Waals surface area contributed by atoms with Crippen molar-refractivity contribution in [1.82, 2.24) is 19.4 Å². The van der Waals surface area contributed by atoms with Crippen LogP contribution in [0.25, 0.3) is 22.2 Å². The number of rotatable bonds is 6. The van der Waals surface area contributed by atoms with Crippen LogP contribution in [-0.2, 0) is 0 Å². The summed E-state index contributed by atoms with van der Waals surface area (Å²) in [6, 6.07) is 2.74. The van der Waals surface area contributed by atoms with Gasteiger partial charge in [0.2, 0.25) is 5.95 Å². The number of hydrogen-bond acceptors (Lipinski definition) is 5. The molecule has 41 heavy (non-hydrogen) atoms. The van der Waals surface area contributed by atoms with Gasteiger partial charge < -0.3 is 10.2 Å². The molecule has 1 aliphatic rings. The zero-order valence-corrected chi connectivity index (χ0v) is 24.2. The second-order valence-corrected chi connectivity index (χ2v) is 10.9. The van der Waals surface area contributed by atoms with Crippen LogP contribution in [-0.4, -0.2) is 51.8 Å². The van der Waals surface area contributed by atoms with Crippen molar-refractivity contribution >= 4 is 17.0 Å². The lowest BCUT2D eigenvalue weighted by Gasteiger charge is -2.33. The van der Waals surface area contributed by atoms with E-state index >= 15 is 0 Å². The van der Waals surface area contributed by atoms with Crippen LogP contribution in [0, 0.1) is 24.4 Å². The molecule has 12 heteroatoms. The van der Waals surface area contributed by atoms with E-state index in [2.05, 4.69) is 34.3 Å². The summed E-state index contributed by atoms with van der Waals surface area (Å²) in [4.78, 5) is 24.6. The zero-order valence-electron chi connectivity index (χ0n) is 24.2. The number of hydrogen-bond donors (Lipinski definition) is 1. The molecule has 0 unspecified atom stereocenters. The maximum absolute atomic E-state index is 14.7. The number of alkyl halides is 3. The molecule has 0 atom stereocenters. The number of pyridine rings is 1. The summed E-state index contributed by atoms with van der Waals surface area (Å²) in [5.41, 5.74) is -1.16. The Balaban J connectivity index is 0.000000920. The van der Waals surface area contributed by atoms with Crippen LogP contribution in [0.2, 0.25) is 0 Å². The standard InChI is InChI=1S/C25H30F3N5O.C4H7F3.2H2/c1-13(2)33-23-15(10-19(24(33)34)18-11-20(26)14(3)21(27)22(18)28)12-29-25(31-23)30-16-6-8-17(9-7-16)32(4)5;1-2-3-4(5,6)7;;/h10-13,16-17H,6-9H2,1-5H3,(H,29,30,31);2-3H2,1H3;2*1H. The Kier molecular flexibility index (Phi) is 10.4. The summed E-state index contributed by atoms with van der Waals surface area (Å²) in [6.07, 6.45) is 1.26. The van der Waals surface area contributed by atoms with Crippen molar-refractivity contribution in [2.24, 2.45) is 0 Å². The molecule has 3 aromatic rings. The van der Waals surface area contributed by atoms with Gasteiger partial charge in [0.05, 0.1) is 5.56 Å². The highest BCUT2D eigenvalue weighted by atomic mass is 19.4. The smallest absolute Gasteiger partial charge is 0.351 e. The highest BCUT2D eigenvalue weighted by Gasteiger charge is 2.25. The van der Waals surface area contributed by atoms with Gasteiger partial charge in [0.1, 0.15) is 11.5 Å². The van der Waals surface area contributed by atoms with Crippen LogP contribution in [0.3, 0.4) is 0 Å². The molecule has 1 aromatic carbocycles. The first-order chi connectivity index (χ1) is 19.1. The third-order valence-corrected chi connectivity index (χ3v) is 7.26. The number of halogens is 6. The van der Waals surface area contributed by atoms with Crippen molar-refractivity contribution in [1.29, 1.82) is 0 Å². The average molecular weight is 590 g/mol. The molecular weight excluding hydrogens is 548 g/mol. The van der Waals surface area contributed by atoms with E-state index in [4.69, 9.17) is 0 Å². The number of aromatic nitrogens is 3. The van der Waals surface area contributed by atoms with E-state index in [1.54, 1.807) is 20.0 Å². The van der Waals surface area contributed by atoms with E-state index in [0.717, 1.165) is 38.7 Å². The summed E-state index contributed by atoms with van der Waals surface area (Å²) in [7, 11) is 4.19. The van der Waals surface area contributed by atoms with Crippen molar-refractivity contribution in [3.8, 4) is 11.1 Å². The van der Waals surface area contributed by atoms with Crippen LogP contribution >= 0.6 is 0 Å². The fourth-order valence-electron chi connectivity index (χ4n) is 4.95. The van der Waals surface area contributed by atoms with Crippen LogP contribution in [0.5, 0.6) is 0 Å². The molecule has 2 aromatic heterocycles. The van der Waals surface area contributed by atoms with Crippen LogP contribution in [0.4, 0.5) is 32.3 Å². The summed E-state index contributed by atoms with van der Waals surface area (Å²) < 4.78 is 77.7. The average Bonchev–Trinajstić information content (AvgIpc) is 2.89. The molecule has 1 fully saturated rings. The SMILES string of the molecule is CCCC(F)(F)F.Cc1c(F)cc(-c2cc3cnc(NC4CCC(N(C)C)CC4)nc3n(C(C)C)c2=O)c(F)c1F.[HH].[HH]. The predicted molar refractivity (Wildman–Crippen MR) is 153 cm³/mol. The van der Waals surface area contributed by atoms with E-state index in [1.165, 1.54) is 17.6 Å². The largest absolute Gasteiger partial charge is 0.389 e. The number of anilines is 1. The van der Waals surface area contributed by atoms with Gasteiger partial charge in [0.25, 0.3) is 5.56 Å². The fourth-order valence-corrected chi connectivity index (χ4v) is 4.95. The second kappa shape index (κ2) is 13.2. The Labute approximate surface area is 238 Å². The molecule has 0 radical (unpaired) electrons. The summed E-state index contributed by atoms with van der Waals surface area (Å²) >= 11 is 0. The zero-order chi connectivity index (χ0) is 30.6. The molecule has 2 heterocycles. The minimum atomic E-state index is -3.95. The van der Waals surface area contributed by atoms with Gasteiger partial charge >= 0.3 is 6.18 Å². The molecule has 6 nitrogen and oxygen atoms in total. The Hall–Kier alpha value is -3.15. The molecule has 1 N–H and O–H groups in total. The highest BCUT2D eigenvalue weighted by molar-refractivity contribution is 5.82. The third-order valence-electron chi connectivity index (χ3n) is 7.26. The van der Waals surface area contributed by atoms with Gasteiger partial charge in [-0.3, -0.25) is 9.36 Å². The predicted octanol–water partition coefficient (Wildman–Crippen LogP) is 7.89. The van der Waals surface area contributed by atoms with Gasteiger partial charge in [0.15, 0.2) is 11.6 Å². The number of nitrogens with zero attached hydrogens (tertiary/aromatic N) is 4. The first-order valence-electron chi connectivity index (χ1n) is 13.7. The van der Waals surface area contributed by atoms with Gasteiger partial charge in [-0.1, -0.05) is 6.92 Å². The van der Waals surface area contributed by atoms with E-state index in [1.807, 2.05) is 0 Å². The molecule has 1 saturated carbocycles. The van der Waals surface area contributed by atoms with Gasteiger partial charge in [-0.15, -0.1) is 0 Å². The maximum Gasteiger partial charge on any atom is 0.389 e. The van der Waals surface area contributed by atoms with Gasteiger partial charge in [-0.25, -0.2) is 18.2 Å². The highest BCUT2D eigenvalue weighted by Crippen LogP contribution is 2.29. The first-order valence-corrected chi connectivity index (χ1v) is 13.7. The summed E-state index contributed by atoms with van der Waals surface area (Å²) in [5, 5.41) is 3.86. The Morgan fingerprint density at radius 1 is 1.07 bits per heavy atom.